The van der Waals surface area contributed by atoms with Crippen molar-refractivity contribution in [3.8, 4) is 22.9 Å². The minimum Gasteiger partial charge on any atom is -0.497 e. The van der Waals surface area contributed by atoms with Crippen LogP contribution in [0.4, 0.5) is 5.69 Å². The molecular weight excluding hydrogens is 454 g/mol. The number of thioether (sulfide) groups is 1. The SMILES string of the molecule is COc1ccc(-n2c(SCC(=O)Nc3ccc(OC)c(OC)c3)nc3ccccc3c2=O)cc1. The molecule has 34 heavy (non-hydrogen) atoms. The van der Waals surface area contributed by atoms with E-state index in [0.717, 1.165) is 0 Å². The molecule has 3 aromatic carbocycles. The Labute approximate surface area is 200 Å². The van der Waals surface area contributed by atoms with Gasteiger partial charge in [-0.1, -0.05) is 23.9 Å². The first-order valence-corrected chi connectivity index (χ1v) is 11.3. The highest BCUT2D eigenvalue weighted by molar-refractivity contribution is 7.99. The number of methoxy groups -OCH3 is 3. The maximum atomic E-state index is 13.3. The van der Waals surface area contributed by atoms with Crippen LogP contribution in [0.3, 0.4) is 0 Å². The Morgan fingerprint density at radius 3 is 2.38 bits per heavy atom. The number of carbonyl (C=O) groups is 1. The van der Waals surface area contributed by atoms with Crippen LogP contribution in [0, 0.1) is 0 Å². The highest BCUT2D eigenvalue weighted by Crippen LogP contribution is 2.30. The fourth-order valence-corrected chi connectivity index (χ4v) is 4.22. The normalized spacial score (nSPS) is 10.7. The van der Waals surface area contributed by atoms with Gasteiger partial charge in [0.25, 0.3) is 5.56 Å². The monoisotopic (exact) mass is 477 g/mol. The van der Waals surface area contributed by atoms with E-state index >= 15 is 0 Å². The summed E-state index contributed by atoms with van der Waals surface area (Å²) >= 11 is 1.18. The lowest BCUT2D eigenvalue weighted by atomic mass is 10.2. The van der Waals surface area contributed by atoms with E-state index in [9.17, 15) is 9.59 Å². The van der Waals surface area contributed by atoms with Gasteiger partial charge in [0.2, 0.25) is 5.91 Å². The molecule has 4 rings (SSSR count). The fourth-order valence-electron chi connectivity index (χ4n) is 3.41. The second-order valence-corrected chi connectivity index (χ2v) is 8.10. The number of fused-ring (bicyclic) bond motifs is 1. The van der Waals surface area contributed by atoms with Crippen LogP contribution in [0.2, 0.25) is 0 Å². The van der Waals surface area contributed by atoms with E-state index < -0.39 is 0 Å². The van der Waals surface area contributed by atoms with Gasteiger partial charge in [-0.05, 0) is 48.5 Å². The summed E-state index contributed by atoms with van der Waals surface area (Å²) < 4.78 is 17.2. The number of para-hydroxylation sites is 1. The average Bonchev–Trinajstić information content (AvgIpc) is 2.87. The number of amides is 1. The predicted molar refractivity (Wildman–Crippen MR) is 133 cm³/mol. The van der Waals surface area contributed by atoms with Gasteiger partial charge in [0.05, 0.1) is 43.7 Å². The summed E-state index contributed by atoms with van der Waals surface area (Å²) in [5, 5.41) is 3.75. The summed E-state index contributed by atoms with van der Waals surface area (Å²) in [5.41, 5.74) is 1.56. The molecule has 8 nitrogen and oxygen atoms in total. The number of hydrogen-bond donors (Lipinski definition) is 1. The largest absolute Gasteiger partial charge is 0.497 e. The molecule has 0 unspecified atom stereocenters. The van der Waals surface area contributed by atoms with E-state index in [4.69, 9.17) is 14.2 Å². The molecule has 1 aromatic heterocycles. The number of nitrogens with one attached hydrogen (secondary N) is 1. The van der Waals surface area contributed by atoms with Crippen molar-refractivity contribution in [2.45, 2.75) is 5.16 Å². The molecule has 0 atom stereocenters. The predicted octanol–water partition coefficient (Wildman–Crippen LogP) is 4.14. The number of ether oxygens (including phenoxy) is 3. The molecule has 0 fully saturated rings. The fraction of sp³-hybridized carbons (Fsp3) is 0.160. The van der Waals surface area contributed by atoms with Crippen molar-refractivity contribution in [2.75, 3.05) is 32.4 Å². The molecule has 0 aliphatic heterocycles. The van der Waals surface area contributed by atoms with E-state index in [0.29, 0.717) is 44.7 Å². The van der Waals surface area contributed by atoms with Crippen LogP contribution < -0.4 is 25.1 Å². The lowest BCUT2D eigenvalue weighted by Gasteiger charge is -2.14. The van der Waals surface area contributed by atoms with E-state index in [2.05, 4.69) is 10.3 Å². The average molecular weight is 478 g/mol. The zero-order valence-electron chi connectivity index (χ0n) is 18.9. The van der Waals surface area contributed by atoms with Gasteiger partial charge in [-0.25, -0.2) is 4.98 Å². The smallest absolute Gasteiger partial charge is 0.266 e. The third-order valence-corrected chi connectivity index (χ3v) is 6.01. The molecule has 0 saturated carbocycles. The maximum absolute atomic E-state index is 13.3. The lowest BCUT2D eigenvalue weighted by Crippen LogP contribution is -2.23. The third-order valence-electron chi connectivity index (χ3n) is 5.08. The van der Waals surface area contributed by atoms with Crippen LogP contribution in [-0.4, -0.2) is 42.5 Å². The maximum Gasteiger partial charge on any atom is 0.266 e. The van der Waals surface area contributed by atoms with E-state index in [1.807, 2.05) is 6.07 Å². The molecule has 1 amide bonds. The molecule has 1 N–H and O–H groups in total. The van der Waals surface area contributed by atoms with Gasteiger partial charge in [-0.2, -0.15) is 0 Å². The molecule has 9 heteroatoms. The number of carbonyl (C=O) groups excluding carboxylic acids is 1. The van der Waals surface area contributed by atoms with E-state index in [-0.39, 0.29) is 17.2 Å². The molecule has 4 aromatic rings. The summed E-state index contributed by atoms with van der Waals surface area (Å²) in [7, 11) is 4.66. The minimum atomic E-state index is -0.249. The van der Waals surface area contributed by atoms with Gasteiger partial charge in [-0.15, -0.1) is 0 Å². The number of aromatic nitrogens is 2. The number of rotatable bonds is 8. The number of nitrogens with zero attached hydrogens (tertiary/aromatic N) is 2. The molecule has 0 aliphatic rings. The third kappa shape index (κ3) is 4.84. The summed E-state index contributed by atoms with van der Waals surface area (Å²) in [4.78, 5) is 30.7. The van der Waals surface area contributed by atoms with Crippen molar-refractivity contribution in [3.05, 3.63) is 77.1 Å². The first-order valence-electron chi connectivity index (χ1n) is 10.3. The van der Waals surface area contributed by atoms with Crippen molar-refractivity contribution >= 4 is 34.3 Å². The van der Waals surface area contributed by atoms with Crippen molar-refractivity contribution in [1.29, 1.82) is 0 Å². The van der Waals surface area contributed by atoms with Gasteiger partial charge in [0.15, 0.2) is 16.7 Å². The highest BCUT2D eigenvalue weighted by Gasteiger charge is 2.15. The standard InChI is InChI=1S/C25H23N3O5S/c1-31-18-11-9-17(10-12-18)28-24(30)19-6-4-5-7-20(19)27-25(28)34-15-23(29)26-16-8-13-21(32-2)22(14-16)33-3/h4-14H,15H2,1-3H3,(H,26,29). The van der Waals surface area contributed by atoms with Crippen molar-refractivity contribution < 1.29 is 19.0 Å². The molecule has 0 spiro atoms. The van der Waals surface area contributed by atoms with E-state index in [1.165, 1.54) is 23.4 Å². The van der Waals surface area contributed by atoms with E-state index in [1.54, 1.807) is 74.9 Å². The van der Waals surface area contributed by atoms with Gasteiger partial charge in [-0.3, -0.25) is 14.2 Å². The molecular formula is C25H23N3O5S. The Bertz CT molecular complexity index is 1390. The Kier molecular flexibility index (Phi) is 7.03. The van der Waals surface area contributed by atoms with Crippen molar-refractivity contribution in [1.82, 2.24) is 9.55 Å². The molecule has 0 radical (unpaired) electrons. The zero-order chi connectivity index (χ0) is 24.1. The first-order chi connectivity index (χ1) is 16.5. The van der Waals surface area contributed by atoms with Gasteiger partial charge >= 0.3 is 0 Å². The Hall–Kier alpha value is -3.98. The van der Waals surface area contributed by atoms with Crippen molar-refractivity contribution in [2.24, 2.45) is 0 Å². The van der Waals surface area contributed by atoms with Gasteiger partial charge < -0.3 is 19.5 Å². The lowest BCUT2D eigenvalue weighted by molar-refractivity contribution is -0.113. The van der Waals surface area contributed by atoms with Crippen LogP contribution >= 0.6 is 11.8 Å². The molecule has 0 saturated heterocycles. The van der Waals surface area contributed by atoms with Crippen LogP contribution in [0.5, 0.6) is 17.2 Å². The molecule has 0 aliphatic carbocycles. The van der Waals surface area contributed by atoms with Crippen molar-refractivity contribution in [3.63, 3.8) is 0 Å². The minimum absolute atomic E-state index is 0.0509. The summed E-state index contributed by atoms with van der Waals surface area (Å²) in [6.45, 7) is 0. The summed E-state index contributed by atoms with van der Waals surface area (Å²) in [5.74, 6) is 1.56. The second kappa shape index (κ2) is 10.3. The zero-order valence-corrected chi connectivity index (χ0v) is 19.7. The molecule has 1 heterocycles. The Morgan fingerprint density at radius 2 is 1.68 bits per heavy atom. The molecule has 174 valence electrons. The van der Waals surface area contributed by atoms with Crippen LogP contribution in [0.15, 0.2) is 76.7 Å². The topological polar surface area (TPSA) is 91.7 Å². The van der Waals surface area contributed by atoms with Crippen LogP contribution in [0.1, 0.15) is 0 Å². The number of anilines is 1. The second-order valence-electron chi connectivity index (χ2n) is 7.16. The van der Waals surface area contributed by atoms with Gasteiger partial charge in [0.1, 0.15) is 5.75 Å². The Balaban J connectivity index is 1.62. The van der Waals surface area contributed by atoms with Gasteiger partial charge in [0, 0.05) is 11.8 Å². The van der Waals surface area contributed by atoms with Crippen LogP contribution in [-0.2, 0) is 4.79 Å². The Morgan fingerprint density at radius 1 is 0.941 bits per heavy atom. The highest BCUT2D eigenvalue weighted by atomic mass is 32.2. The number of benzene rings is 3. The number of hydrogen-bond acceptors (Lipinski definition) is 7. The summed E-state index contributed by atoms with van der Waals surface area (Å²) in [6.07, 6.45) is 0. The van der Waals surface area contributed by atoms with Crippen LogP contribution in [0.25, 0.3) is 16.6 Å². The molecule has 0 bridgehead atoms. The summed E-state index contributed by atoms with van der Waals surface area (Å²) in [6, 6.07) is 19.4. The quantitative estimate of drug-likeness (QED) is 0.301. The first kappa shape index (κ1) is 23.2.